The van der Waals surface area contributed by atoms with Gasteiger partial charge in [-0.2, -0.15) is 0 Å². The molecule has 3 heterocycles. The average molecular weight is 438 g/mol. The summed E-state index contributed by atoms with van der Waals surface area (Å²) in [5.41, 5.74) is 4.51. The smallest absolute Gasteiger partial charge is 0.162 e. The quantitative estimate of drug-likeness (QED) is 0.289. The number of para-hydroxylation sites is 3. The Morgan fingerprint density at radius 1 is 0.655 bits per heavy atom. The Morgan fingerprint density at radius 3 is 1.97 bits per heavy atom. The highest BCUT2D eigenvalue weighted by molar-refractivity contribution is 9.10. The van der Waals surface area contributed by atoms with E-state index in [2.05, 4.69) is 110 Å². The normalized spacial score (nSPS) is 11.6. The summed E-state index contributed by atoms with van der Waals surface area (Å²) in [7, 11) is 0. The monoisotopic (exact) mass is 437 g/mol. The first kappa shape index (κ1) is 16.6. The van der Waals surface area contributed by atoms with Crippen LogP contribution in [0.4, 0.5) is 0 Å². The van der Waals surface area contributed by atoms with Gasteiger partial charge in [-0.05, 0) is 46.3 Å². The fraction of sp³-hybridized carbons (Fsp3) is 0. The summed E-state index contributed by atoms with van der Waals surface area (Å²) in [5, 5.41) is 3.61. The van der Waals surface area contributed by atoms with Crippen LogP contribution in [0.5, 0.6) is 0 Å². The Bertz CT molecular complexity index is 1460. The molecule has 6 rings (SSSR count). The van der Waals surface area contributed by atoms with E-state index < -0.39 is 0 Å². The number of rotatable bonds is 2. The minimum Gasteiger partial charge on any atom is -0.312 e. The van der Waals surface area contributed by atoms with Crippen molar-refractivity contribution in [2.45, 2.75) is 0 Å². The Morgan fingerprint density at radius 2 is 1.28 bits per heavy atom. The largest absolute Gasteiger partial charge is 0.312 e. The van der Waals surface area contributed by atoms with Gasteiger partial charge >= 0.3 is 0 Å². The second-order valence-corrected chi connectivity index (χ2v) is 7.94. The number of fused-ring (bicyclic) bond motifs is 4. The number of halogens is 1. The fourth-order valence-corrected chi connectivity index (χ4v) is 4.75. The number of hydrogen-bond acceptors (Lipinski definition) is 1. The molecule has 0 radical (unpaired) electrons. The second-order valence-electron chi connectivity index (χ2n) is 7.08. The zero-order valence-corrected chi connectivity index (χ0v) is 17.0. The number of pyridine rings is 1. The summed E-state index contributed by atoms with van der Waals surface area (Å²) < 4.78 is 5.55. The molecule has 0 aliphatic heterocycles. The van der Waals surface area contributed by atoms with Crippen molar-refractivity contribution >= 4 is 48.6 Å². The molecule has 29 heavy (non-hydrogen) atoms. The van der Waals surface area contributed by atoms with Gasteiger partial charge in [0.05, 0.1) is 16.6 Å². The second kappa shape index (κ2) is 6.33. The fourth-order valence-electron chi connectivity index (χ4n) is 4.23. The van der Waals surface area contributed by atoms with Gasteiger partial charge in [0.15, 0.2) is 5.82 Å². The zero-order valence-electron chi connectivity index (χ0n) is 15.5. The molecule has 0 amide bonds. The van der Waals surface area contributed by atoms with Gasteiger partial charge in [0, 0.05) is 38.7 Å². The number of benzene rings is 3. The van der Waals surface area contributed by atoms with Gasteiger partial charge in [0.1, 0.15) is 0 Å². The maximum Gasteiger partial charge on any atom is 0.162 e. The molecule has 0 aliphatic carbocycles. The van der Waals surface area contributed by atoms with Crippen molar-refractivity contribution in [2.75, 3.05) is 0 Å². The number of hydrogen-bond donors (Lipinski definition) is 0. The van der Waals surface area contributed by atoms with Crippen molar-refractivity contribution in [2.24, 2.45) is 0 Å². The van der Waals surface area contributed by atoms with Crippen LogP contribution in [0.3, 0.4) is 0 Å². The first-order valence-corrected chi connectivity index (χ1v) is 10.3. The predicted octanol–water partition coefficient (Wildman–Crippen LogP) is 6.89. The van der Waals surface area contributed by atoms with Gasteiger partial charge in [-0.1, -0.05) is 54.6 Å². The molecule has 6 aromatic rings. The summed E-state index contributed by atoms with van der Waals surface area (Å²) >= 11 is 3.75. The maximum atomic E-state index is 4.87. The lowest BCUT2D eigenvalue weighted by Crippen LogP contribution is -2.02. The van der Waals surface area contributed by atoms with Crippen LogP contribution in [0.15, 0.2) is 102 Å². The molecule has 0 N–H and O–H groups in total. The predicted molar refractivity (Wildman–Crippen MR) is 123 cm³/mol. The van der Waals surface area contributed by atoms with Gasteiger partial charge in [0.25, 0.3) is 0 Å². The van der Waals surface area contributed by atoms with Crippen LogP contribution in [0.2, 0.25) is 0 Å². The van der Waals surface area contributed by atoms with E-state index >= 15 is 0 Å². The van der Waals surface area contributed by atoms with Gasteiger partial charge < -0.3 is 4.57 Å². The van der Waals surface area contributed by atoms with Crippen molar-refractivity contribution in [1.82, 2.24) is 14.1 Å². The topological polar surface area (TPSA) is 22.8 Å². The molecule has 0 unspecified atom stereocenters. The lowest BCUT2D eigenvalue weighted by Gasteiger charge is -2.12. The van der Waals surface area contributed by atoms with Crippen molar-refractivity contribution in [3.63, 3.8) is 0 Å². The highest BCUT2D eigenvalue weighted by Gasteiger charge is 2.18. The van der Waals surface area contributed by atoms with E-state index in [9.17, 15) is 0 Å². The highest BCUT2D eigenvalue weighted by Crippen LogP contribution is 2.36. The minimum atomic E-state index is 0.925. The van der Waals surface area contributed by atoms with Crippen LogP contribution in [0, 0.1) is 0 Å². The van der Waals surface area contributed by atoms with Crippen LogP contribution in [-0.4, -0.2) is 14.1 Å². The van der Waals surface area contributed by atoms with E-state index in [-0.39, 0.29) is 0 Å². The molecule has 3 aromatic heterocycles. The van der Waals surface area contributed by atoms with E-state index in [4.69, 9.17) is 4.98 Å². The van der Waals surface area contributed by atoms with E-state index in [1.165, 1.54) is 10.8 Å². The highest BCUT2D eigenvalue weighted by atomic mass is 79.9. The molecule has 0 saturated heterocycles. The molecule has 0 aliphatic rings. The van der Waals surface area contributed by atoms with Crippen molar-refractivity contribution in [3.8, 4) is 11.5 Å². The number of nitrogens with zero attached hydrogens (tertiary/aromatic N) is 3. The van der Waals surface area contributed by atoms with Crippen LogP contribution in [0.1, 0.15) is 0 Å². The summed E-state index contributed by atoms with van der Waals surface area (Å²) in [6.07, 6.45) is 4.01. The molecular weight excluding hydrogens is 422 g/mol. The minimum absolute atomic E-state index is 0.925. The Labute approximate surface area is 176 Å². The van der Waals surface area contributed by atoms with Crippen molar-refractivity contribution in [3.05, 3.63) is 102 Å². The van der Waals surface area contributed by atoms with Gasteiger partial charge in [0.2, 0.25) is 0 Å². The van der Waals surface area contributed by atoms with Crippen LogP contribution in [0.25, 0.3) is 44.2 Å². The molecule has 0 bridgehead atoms. The van der Waals surface area contributed by atoms with Gasteiger partial charge in [-0.25, -0.2) is 4.98 Å². The maximum absolute atomic E-state index is 4.87. The third-order valence-corrected chi connectivity index (χ3v) is 6.10. The SMILES string of the molecule is Brc1cn(-c2ccccc2)c2c(-n3c4ccccc4c4ccccc43)nccc12. The molecule has 0 saturated carbocycles. The molecule has 0 fully saturated rings. The van der Waals surface area contributed by atoms with E-state index in [1.54, 1.807) is 0 Å². The molecule has 138 valence electrons. The molecule has 0 spiro atoms. The third kappa shape index (κ3) is 2.39. The molecule has 3 aromatic carbocycles. The van der Waals surface area contributed by atoms with Crippen molar-refractivity contribution < 1.29 is 0 Å². The lowest BCUT2D eigenvalue weighted by molar-refractivity contribution is 1.05. The van der Waals surface area contributed by atoms with Crippen molar-refractivity contribution in [1.29, 1.82) is 0 Å². The first-order valence-electron chi connectivity index (χ1n) is 9.52. The Balaban J connectivity index is 1.80. The van der Waals surface area contributed by atoms with E-state index in [0.717, 1.165) is 37.9 Å². The molecular formula is C25H16BrN3. The summed E-state index contributed by atoms with van der Waals surface area (Å²) in [4.78, 5) is 4.87. The van der Waals surface area contributed by atoms with Gasteiger partial charge in [-0.15, -0.1) is 0 Å². The summed E-state index contributed by atoms with van der Waals surface area (Å²) in [6.45, 7) is 0. The average Bonchev–Trinajstić information content (AvgIpc) is 3.30. The molecule has 0 atom stereocenters. The molecule has 3 nitrogen and oxygen atoms in total. The van der Waals surface area contributed by atoms with Crippen LogP contribution < -0.4 is 0 Å². The standard InChI is InChI=1S/C25H16BrN3/c26-21-16-28(17-8-2-1-3-9-17)24-20(21)14-15-27-25(24)29-22-12-6-4-10-18(22)19-11-5-7-13-23(19)29/h1-16H. The van der Waals surface area contributed by atoms with Crippen LogP contribution in [-0.2, 0) is 0 Å². The summed E-state index contributed by atoms with van der Waals surface area (Å²) in [5.74, 6) is 0.925. The van der Waals surface area contributed by atoms with E-state index in [1.807, 2.05) is 12.3 Å². The molecule has 4 heteroatoms. The number of aromatic nitrogens is 3. The Kier molecular flexibility index (Phi) is 3.61. The van der Waals surface area contributed by atoms with Gasteiger partial charge in [-0.3, -0.25) is 4.57 Å². The Hall–Kier alpha value is -3.37. The first-order chi connectivity index (χ1) is 14.3. The lowest BCUT2D eigenvalue weighted by atomic mass is 10.2. The third-order valence-electron chi connectivity index (χ3n) is 5.47. The van der Waals surface area contributed by atoms with E-state index in [0.29, 0.717) is 0 Å². The summed E-state index contributed by atoms with van der Waals surface area (Å²) in [6, 6.07) is 29.5. The zero-order chi connectivity index (χ0) is 19.4. The van der Waals surface area contributed by atoms with Crippen LogP contribution >= 0.6 is 15.9 Å².